The van der Waals surface area contributed by atoms with E-state index in [4.69, 9.17) is 18.6 Å². The predicted molar refractivity (Wildman–Crippen MR) is 83.6 cm³/mol. The summed E-state index contributed by atoms with van der Waals surface area (Å²) in [5.41, 5.74) is 0.712. The maximum atomic E-state index is 11.9. The number of hydrogen-bond donors (Lipinski definition) is 0. The Morgan fingerprint density at radius 2 is 2.08 bits per heavy atom. The van der Waals surface area contributed by atoms with Gasteiger partial charge in [-0.25, -0.2) is 9.79 Å². The van der Waals surface area contributed by atoms with Crippen LogP contribution in [0.1, 0.15) is 18.2 Å². The van der Waals surface area contributed by atoms with Crippen LogP contribution in [0, 0.1) is 0 Å². The molecule has 1 aliphatic heterocycles. The number of furan rings is 1. The molecule has 122 valence electrons. The number of esters is 2. The maximum absolute atomic E-state index is 11.9. The van der Waals surface area contributed by atoms with Crippen LogP contribution in [-0.2, 0) is 14.3 Å². The van der Waals surface area contributed by atoms with Gasteiger partial charge in [-0.05, 0) is 35.9 Å². The van der Waals surface area contributed by atoms with Gasteiger partial charge in [0.25, 0.3) is 5.90 Å². The molecule has 2 aromatic rings. The minimum Gasteiger partial charge on any atom is -0.493 e. The van der Waals surface area contributed by atoms with Crippen molar-refractivity contribution in [3.05, 3.63) is 53.6 Å². The Kier molecular flexibility index (Phi) is 4.15. The average Bonchev–Trinajstić information content (AvgIpc) is 3.17. The van der Waals surface area contributed by atoms with Crippen LogP contribution in [0.2, 0.25) is 0 Å². The number of carbonyl (C=O) groups excluding carboxylic acids is 2. The molecule has 1 aromatic heterocycles. The smallest absolute Gasteiger partial charge is 0.363 e. The lowest BCUT2D eigenvalue weighted by Crippen LogP contribution is -2.04. The van der Waals surface area contributed by atoms with Crippen LogP contribution < -0.4 is 9.47 Å². The number of ether oxygens (including phenoxy) is 3. The summed E-state index contributed by atoms with van der Waals surface area (Å²) in [4.78, 5) is 27.2. The van der Waals surface area contributed by atoms with Gasteiger partial charge < -0.3 is 18.6 Å². The second-order valence-corrected chi connectivity index (χ2v) is 4.82. The quantitative estimate of drug-likeness (QED) is 0.487. The zero-order valence-corrected chi connectivity index (χ0v) is 12.9. The first-order valence-corrected chi connectivity index (χ1v) is 6.99. The number of benzene rings is 1. The highest BCUT2D eigenvalue weighted by atomic mass is 16.6. The van der Waals surface area contributed by atoms with Crippen LogP contribution >= 0.6 is 0 Å². The van der Waals surface area contributed by atoms with Gasteiger partial charge in [0.05, 0.1) is 13.4 Å². The van der Waals surface area contributed by atoms with Gasteiger partial charge in [0.2, 0.25) is 0 Å². The molecule has 7 nitrogen and oxygen atoms in total. The van der Waals surface area contributed by atoms with Crippen molar-refractivity contribution in [1.82, 2.24) is 0 Å². The van der Waals surface area contributed by atoms with Gasteiger partial charge in [-0.1, -0.05) is 6.07 Å². The lowest BCUT2D eigenvalue weighted by molar-refractivity contribution is -0.132. The summed E-state index contributed by atoms with van der Waals surface area (Å²) in [7, 11) is 1.47. The minimum absolute atomic E-state index is 0.102. The lowest BCUT2D eigenvalue weighted by atomic mass is 10.1. The SMILES string of the molecule is COc1ccc(/C=C2\N=C(c3ccco3)OC2=O)cc1OC(C)=O. The molecule has 0 amide bonds. The number of aliphatic imine (C=N–C) groups is 1. The number of nitrogens with zero attached hydrogens (tertiary/aromatic N) is 1. The van der Waals surface area contributed by atoms with E-state index in [9.17, 15) is 9.59 Å². The molecule has 3 rings (SSSR count). The zero-order valence-electron chi connectivity index (χ0n) is 12.9. The summed E-state index contributed by atoms with van der Waals surface area (Å²) in [5.74, 6) is 0.0527. The van der Waals surface area contributed by atoms with Crippen LogP contribution in [0.4, 0.5) is 0 Å². The van der Waals surface area contributed by atoms with E-state index in [0.717, 1.165) is 0 Å². The maximum Gasteiger partial charge on any atom is 0.363 e. The monoisotopic (exact) mass is 327 g/mol. The first kappa shape index (κ1) is 15.5. The molecule has 0 radical (unpaired) electrons. The molecule has 0 saturated heterocycles. The summed E-state index contributed by atoms with van der Waals surface area (Å²) in [5, 5.41) is 0. The van der Waals surface area contributed by atoms with Crippen molar-refractivity contribution in [3.63, 3.8) is 0 Å². The van der Waals surface area contributed by atoms with Gasteiger partial charge in [0, 0.05) is 6.92 Å². The number of hydrogen-bond acceptors (Lipinski definition) is 7. The van der Waals surface area contributed by atoms with E-state index in [-0.39, 0.29) is 17.3 Å². The van der Waals surface area contributed by atoms with E-state index >= 15 is 0 Å². The molecule has 0 spiro atoms. The molecule has 0 aliphatic carbocycles. The second-order valence-electron chi connectivity index (χ2n) is 4.82. The third-order valence-electron chi connectivity index (χ3n) is 3.10. The Hall–Kier alpha value is -3.35. The molecule has 0 saturated carbocycles. The van der Waals surface area contributed by atoms with Gasteiger partial charge in [-0.2, -0.15) is 0 Å². The Labute approximate surface area is 137 Å². The zero-order chi connectivity index (χ0) is 17.1. The summed E-state index contributed by atoms with van der Waals surface area (Å²) in [6.45, 7) is 1.29. The van der Waals surface area contributed by atoms with Crippen LogP contribution in [0.25, 0.3) is 6.08 Å². The normalized spacial score (nSPS) is 15.2. The first-order valence-electron chi connectivity index (χ1n) is 6.99. The van der Waals surface area contributed by atoms with E-state index in [1.54, 1.807) is 30.3 Å². The molecule has 7 heteroatoms. The number of rotatable bonds is 4. The molecule has 1 aromatic carbocycles. The number of methoxy groups -OCH3 is 1. The van der Waals surface area contributed by atoms with E-state index in [1.807, 2.05) is 0 Å². The highest BCUT2D eigenvalue weighted by Gasteiger charge is 2.25. The summed E-state index contributed by atoms with van der Waals surface area (Å²) >= 11 is 0. The van der Waals surface area contributed by atoms with Crippen molar-refractivity contribution < 1.29 is 28.2 Å². The third-order valence-corrected chi connectivity index (χ3v) is 3.10. The molecule has 0 atom stereocenters. The Balaban J connectivity index is 1.93. The Bertz CT molecular complexity index is 848. The largest absolute Gasteiger partial charge is 0.493 e. The Morgan fingerprint density at radius 3 is 2.75 bits per heavy atom. The number of cyclic esters (lactones) is 1. The fourth-order valence-corrected chi connectivity index (χ4v) is 2.09. The topological polar surface area (TPSA) is 87.3 Å². The van der Waals surface area contributed by atoms with Gasteiger partial charge in [0.15, 0.2) is 23.0 Å². The fraction of sp³-hybridized carbons (Fsp3) is 0.118. The van der Waals surface area contributed by atoms with E-state index < -0.39 is 11.9 Å². The van der Waals surface area contributed by atoms with Crippen LogP contribution in [0.5, 0.6) is 11.5 Å². The van der Waals surface area contributed by atoms with Crippen LogP contribution in [0.3, 0.4) is 0 Å². The molecule has 0 fully saturated rings. The molecule has 0 bridgehead atoms. The van der Waals surface area contributed by atoms with E-state index in [0.29, 0.717) is 17.1 Å². The molecule has 24 heavy (non-hydrogen) atoms. The summed E-state index contributed by atoms with van der Waals surface area (Å²) < 4.78 is 20.4. The predicted octanol–water partition coefficient (Wildman–Crippen LogP) is 2.56. The summed E-state index contributed by atoms with van der Waals surface area (Å²) in [6, 6.07) is 8.21. The third kappa shape index (κ3) is 3.19. The molecule has 0 N–H and O–H groups in total. The van der Waals surface area contributed by atoms with Crippen molar-refractivity contribution in [3.8, 4) is 11.5 Å². The van der Waals surface area contributed by atoms with Crippen molar-refractivity contribution in [2.75, 3.05) is 7.11 Å². The minimum atomic E-state index is -0.591. The van der Waals surface area contributed by atoms with E-state index in [1.165, 1.54) is 26.4 Å². The van der Waals surface area contributed by atoms with Gasteiger partial charge in [-0.3, -0.25) is 4.79 Å². The van der Waals surface area contributed by atoms with Gasteiger partial charge in [0.1, 0.15) is 0 Å². The van der Waals surface area contributed by atoms with E-state index in [2.05, 4.69) is 4.99 Å². The van der Waals surface area contributed by atoms with Crippen molar-refractivity contribution in [2.24, 2.45) is 4.99 Å². The van der Waals surface area contributed by atoms with Crippen LogP contribution in [-0.4, -0.2) is 24.9 Å². The Morgan fingerprint density at radius 1 is 1.25 bits per heavy atom. The van der Waals surface area contributed by atoms with Crippen molar-refractivity contribution >= 4 is 23.9 Å². The molecule has 1 aliphatic rings. The average molecular weight is 327 g/mol. The lowest BCUT2D eigenvalue weighted by Gasteiger charge is -2.08. The van der Waals surface area contributed by atoms with Crippen LogP contribution in [0.15, 0.2) is 51.7 Å². The van der Waals surface area contributed by atoms with Crippen molar-refractivity contribution in [1.29, 1.82) is 0 Å². The molecular weight excluding hydrogens is 314 g/mol. The van der Waals surface area contributed by atoms with Gasteiger partial charge >= 0.3 is 11.9 Å². The van der Waals surface area contributed by atoms with Gasteiger partial charge in [-0.15, -0.1) is 0 Å². The summed E-state index contributed by atoms with van der Waals surface area (Å²) in [6.07, 6.45) is 2.98. The number of carbonyl (C=O) groups is 2. The molecular formula is C17H13NO6. The molecule has 0 unspecified atom stereocenters. The second kappa shape index (κ2) is 6.41. The van der Waals surface area contributed by atoms with Crippen molar-refractivity contribution in [2.45, 2.75) is 6.92 Å². The molecule has 2 heterocycles. The standard InChI is InChI=1S/C17H13NO6/c1-10(19)23-15-9-11(5-6-13(15)21-2)8-12-17(20)24-16(18-12)14-4-3-7-22-14/h3-9H,1-2H3/b12-8-. The first-order chi connectivity index (χ1) is 11.6. The highest BCUT2D eigenvalue weighted by Crippen LogP contribution is 2.30. The fourth-order valence-electron chi connectivity index (χ4n) is 2.09. The highest BCUT2D eigenvalue weighted by molar-refractivity contribution is 6.11.